The van der Waals surface area contributed by atoms with Crippen LogP contribution >= 0.6 is 0 Å². The fourth-order valence-corrected chi connectivity index (χ4v) is 9.83. The minimum atomic E-state index is -1.57. The third-order valence-corrected chi connectivity index (χ3v) is 14.8. The van der Waals surface area contributed by atoms with Crippen LogP contribution in [-0.2, 0) is 14.3 Å². The fraction of sp³-hybridized carbons (Fsp3) is 0.803. The fourth-order valence-electron chi connectivity index (χ4n) is 9.83. The largest absolute Gasteiger partial charge is 0.394 e. The molecule has 9 heteroatoms. The molecule has 9 nitrogen and oxygen atoms in total. The maximum absolute atomic E-state index is 13.1. The highest BCUT2D eigenvalue weighted by molar-refractivity contribution is 5.76. The first kappa shape index (κ1) is 70.6. The summed E-state index contributed by atoms with van der Waals surface area (Å²) in [6.45, 7) is 3.69. The Kier molecular flexibility index (Phi) is 51.8. The van der Waals surface area contributed by atoms with E-state index in [-0.39, 0.29) is 12.5 Å². The number of amides is 1. The predicted octanol–water partition coefficient (Wildman–Crippen LogP) is 16.4. The zero-order valence-corrected chi connectivity index (χ0v) is 48.5. The van der Waals surface area contributed by atoms with E-state index in [1.165, 1.54) is 180 Å². The zero-order valence-electron chi connectivity index (χ0n) is 48.5. The quantitative estimate of drug-likeness (QED) is 0.0261. The number of nitrogens with one attached hydrogen (secondary N) is 1. The normalized spacial score (nSPS) is 19.4. The van der Waals surface area contributed by atoms with Gasteiger partial charge >= 0.3 is 0 Å². The van der Waals surface area contributed by atoms with Crippen LogP contribution in [0.15, 0.2) is 72.9 Å². The summed E-state index contributed by atoms with van der Waals surface area (Å²) < 4.78 is 11.3. The SMILES string of the molecule is CC/C=C\C/C=C\C/C=C\C/C=C\C/C=C\CCCCCCCCCCCC(=O)NC(COC1OC(CO)C(O)C(O)C1O)C(O)/C=C/CCCCCCCCCCCCCCCCCCCCCCCCCCC. The van der Waals surface area contributed by atoms with Gasteiger partial charge in [-0.2, -0.15) is 0 Å². The molecule has 0 aromatic rings. The van der Waals surface area contributed by atoms with Gasteiger partial charge in [-0.25, -0.2) is 0 Å². The lowest BCUT2D eigenvalue weighted by atomic mass is 9.99. The summed E-state index contributed by atoms with van der Waals surface area (Å²) in [5.41, 5.74) is 0. The van der Waals surface area contributed by atoms with Gasteiger partial charge in [0.25, 0.3) is 0 Å². The number of carbonyl (C=O) groups excluding carboxylic acids is 1. The van der Waals surface area contributed by atoms with Gasteiger partial charge in [0, 0.05) is 6.42 Å². The molecule has 75 heavy (non-hydrogen) atoms. The molecule has 1 heterocycles. The molecule has 1 amide bonds. The van der Waals surface area contributed by atoms with Gasteiger partial charge in [0.05, 0.1) is 25.4 Å². The Balaban J connectivity index is 2.20. The molecule has 7 atom stereocenters. The van der Waals surface area contributed by atoms with Crippen molar-refractivity contribution in [3.05, 3.63) is 72.9 Å². The molecular weight excluding hydrogens is 935 g/mol. The molecule has 436 valence electrons. The average molecular weight is 1050 g/mol. The van der Waals surface area contributed by atoms with Crippen LogP contribution in [0.5, 0.6) is 0 Å². The zero-order chi connectivity index (χ0) is 54.3. The summed E-state index contributed by atoms with van der Waals surface area (Å²) in [5.74, 6) is -0.183. The lowest BCUT2D eigenvalue weighted by Crippen LogP contribution is -2.60. The standard InChI is InChI=1S/C66H119NO8/c1-3-5-7-9-11-13-15-17-19-21-23-25-27-29-30-32-33-35-37-39-41-43-45-47-49-51-53-55-60(69)59(58-74-66-65(73)64(72)63(71)61(57-68)75-66)67-62(70)56-54-52-50-48-46-44-42-40-38-36-34-31-28-26-24-22-20-18-16-14-12-10-8-6-4-2/h6,8,12,14,18,20,24,26,31,34,53,55,59-61,63-66,68-69,71-73H,3-5,7,9-11,13,15-17,19,21-23,25,27-30,32-33,35-52,54,56-58H2,1-2H3,(H,67,70)/b8-6-,14-12-,20-18-,26-24-,34-31-,55-53+. The smallest absolute Gasteiger partial charge is 0.220 e. The Morgan fingerprint density at radius 2 is 0.827 bits per heavy atom. The molecule has 1 rings (SSSR count). The van der Waals surface area contributed by atoms with Crippen molar-refractivity contribution in [2.24, 2.45) is 0 Å². The van der Waals surface area contributed by atoms with Crippen molar-refractivity contribution >= 4 is 5.91 Å². The van der Waals surface area contributed by atoms with Gasteiger partial charge in [-0.15, -0.1) is 0 Å². The molecule has 0 aromatic heterocycles. The molecule has 0 aliphatic carbocycles. The number of allylic oxidation sites excluding steroid dienone is 11. The molecule has 1 saturated heterocycles. The van der Waals surface area contributed by atoms with Crippen LogP contribution in [0.25, 0.3) is 0 Å². The van der Waals surface area contributed by atoms with Crippen molar-refractivity contribution in [2.75, 3.05) is 13.2 Å². The van der Waals surface area contributed by atoms with Gasteiger partial charge in [0.1, 0.15) is 24.4 Å². The van der Waals surface area contributed by atoms with E-state index in [1.54, 1.807) is 6.08 Å². The number of hydrogen-bond acceptors (Lipinski definition) is 8. The molecule has 1 aliphatic rings. The van der Waals surface area contributed by atoms with Gasteiger partial charge < -0.3 is 40.3 Å². The Morgan fingerprint density at radius 3 is 1.23 bits per heavy atom. The van der Waals surface area contributed by atoms with E-state index >= 15 is 0 Å². The summed E-state index contributed by atoms with van der Waals surface area (Å²) in [6, 6.07) is -0.814. The molecule has 0 radical (unpaired) electrons. The van der Waals surface area contributed by atoms with Crippen molar-refractivity contribution < 1.29 is 39.8 Å². The lowest BCUT2D eigenvalue weighted by molar-refractivity contribution is -0.302. The molecular formula is C66H119NO8. The van der Waals surface area contributed by atoms with Crippen molar-refractivity contribution in [3.63, 3.8) is 0 Å². The summed E-state index contributed by atoms with van der Waals surface area (Å²) in [4.78, 5) is 13.1. The van der Waals surface area contributed by atoms with Crippen LogP contribution in [-0.4, -0.2) is 87.5 Å². The first-order chi connectivity index (χ1) is 36.8. The summed E-state index contributed by atoms with van der Waals surface area (Å²) in [6.07, 6.45) is 69.8. The first-order valence-electron chi connectivity index (χ1n) is 31.7. The monoisotopic (exact) mass is 1050 g/mol. The maximum Gasteiger partial charge on any atom is 0.220 e. The van der Waals surface area contributed by atoms with Gasteiger partial charge in [-0.3, -0.25) is 4.79 Å². The number of ether oxygens (including phenoxy) is 2. The predicted molar refractivity (Wildman–Crippen MR) is 318 cm³/mol. The number of hydrogen-bond donors (Lipinski definition) is 6. The van der Waals surface area contributed by atoms with E-state index in [0.29, 0.717) is 6.42 Å². The molecule has 0 saturated carbocycles. The van der Waals surface area contributed by atoms with Gasteiger partial charge in [0.15, 0.2) is 6.29 Å². The van der Waals surface area contributed by atoms with Crippen molar-refractivity contribution in [2.45, 2.75) is 326 Å². The highest BCUT2D eigenvalue weighted by atomic mass is 16.7. The van der Waals surface area contributed by atoms with E-state index in [2.05, 4.69) is 79.9 Å². The van der Waals surface area contributed by atoms with E-state index in [0.717, 1.165) is 83.5 Å². The second-order valence-electron chi connectivity index (χ2n) is 21.8. The van der Waals surface area contributed by atoms with Gasteiger partial charge in [0.2, 0.25) is 5.91 Å². The van der Waals surface area contributed by atoms with Crippen molar-refractivity contribution in [3.8, 4) is 0 Å². The van der Waals surface area contributed by atoms with Crippen molar-refractivity contribution in [1.82, 2.24) is 5.32 Å². The Bertz CT molecular complexity index is 1410. The van der Waals surface area contributed by atoms with Gasteiger partial charge in [-0.05, 0) is 64.2 Å². The molecule has 0 aromatic carbocycles. The van der Waals surface area contributed by atoms with Crippen molar-refractivity contribution in [1.29, 1.82) is 0 Å². The number of aliphatic hydroxyl groups is 5. The second-order valence-corrected chi connectivity index (χ2v) is 21.8. The van der Waals surface area contributed by atoms with E-state index in [9.17, 15) is 30.3 Å². The summed E-state index contributed by atoms with van der Waals surface area (Å²) in [5, 5.41) is 54.7. The van der Waals surface area contributed by atoms with Crippen LogP contribution in [0, 0.1) is 0 Å². The second kappa shape index (κ2) is 55.0. The average Bonchev–Trinajstić information content (AvgIpc) is 3.41. The van der Waals surface area contributed by atoms with Crippen LogP contribution in [0.4, 0.5) is 0 Å². The maximum atomic E-state index is 13.1. The van der Waals surface area contributed by atoms with Crippen LogP contribution in [0.3, 0.4) is 0 Å². The first-order valence-corrected chi connectivity index (χ1v) is 31.7. The topological polar surface area (TPSA) is 149 Å². The van der Waals surface area contributed by atoms with Gasteiger partial charge in [-0.1, -0.05) is 286 Å². The lowest BCUT2D eigenvalue weighted by Gasteiger charge is -2.40. The van der Waals surface area contributed by atoms with Crippen LogP contribution < -0.4 is 5.32 Å². The highest BCUT2D eigenvalue weighted by Gasteiger charge is 2.44. The molecule has 1 aliphatic heterocycles. The van der Waals surface area contributed by atoms with E-state index in [1.807, 2.05) is 6.08 Å². The van der Waals surface area contributed by atoms with E-state index in [4.69, 9.17) is 9.47 Å². The number of unbranched alkanes of at least 4 members (excludes halogenated alkanes) is 34. The third kappa shape index (κ3) is 44.2. The Labute approximate surface area is 461 Å². The Hall–Kier alpha value is -2.37. The summed E-state index contributed by atoms with van der Waals surface area (Å²) in [7, 11) is 0. The highest BCUT2D eigenvalue weighted by Crippen LogP contribution is 2.23. The molecule has 0 spiro atoms. The third-order valence-electron chi connectivity index (χ3n) is 14.8. The minimum Gasteiger partial charge on any atom is -0.394 e. The molecule has 0 bridgehead atoms. The molecule has 7 unspecified atom stereocenters. The minimum absolute atomic E-state index is 0.183. The Morgan fingerprint density at radius 1 is 0.467 bits per heavy atom. The number of aliphatic hydroxyl groups excluding tert-OH is 5. The molecule has 1 fully saturated rings. The summed E-state index contributed by atoms with van der Waals surface area (Å²) >= 11 is 0. The number of carbonyl (C=O) groups is 1. The number of rotatable bonds is 54. The molecule has 6 N–H and O–H groups in total. The van der Waals surface area contributed by atoms with E-state index < -0.39 is 49.5 Å². The van der Waals surface area contributed by atoms with Crippen LogP contribution in [0.2, 0.25) is 0 Å². The van der Waals surface area contributed by atoms with Crippen LogP contribution in [0.1, 0.15) is 284 Å².